The third-order valence-corrected chi connectivity index (χ3v) is 4.19. The lowest BCUT2D eigenvalue weighted by Gasteiger charge is -2.24. The van der Waals surface area contributed by atoms with Gasteiger partial charge in [-0.15, -0.1) is 0 Å². The van der Waals surface area contributed by atoms with Crippen LogP contribution in [0.25, 0.3) is 10.9 Å². The maximum Gasteiger partial charge on any atom is 0.262 e. The zero-order chi connectivity index (χ0) is 15.6. The zero-order valence-electron chi connectivity index (χ0n) is 12.9. The highest BCUT2D eigenvalue weighted by Gasteiger charge is 2.12. The van der Waals surface area contributed by atoms with Gasteiger partial charge in [0.15, 0.2) is 5.16 Å². The zero-order valence-corrected chi connectivity index (χ0v) is 14.5. The molecule has 0 aliphatic carbocycles. The number of quaternary nitrogens is 1. The maximum atomic E-state index is 12.7. The summed E-state index contributed by atoms with van der Waals surface area (Å²) in [5.74, 6) is 0. The van der Waals surface area contributed by atoms with Crippen molar-refractivity contribution in [3.63, 3.8) is 0 Å². The van der Waals surface area contributed by atoms with Gasteiger partial charge in [0.1, 0.15) is 0 Å². The first kappa shape index (κ1) is 16.3. The number of nitrogens with zero attached hydrogens (tertiary/aromatic N) is 3. The summed E-state index contributed by atoms with van der Waals surface area (Å²) in [5, 5.41) is 1.91. The first-order valence-electron chi connectivity index (χ1n) is 6.86. The Labute approximate surface area is 134 Å². The molecule has 0 atom stereocenters. The van der Waals surface area contributed by atoms with E-state index >= 15 is 0 Å². The number of fused-ring (bicyclic) bond motifs is 1. The highest BCUT2D eigenvalue weighted by molar-refractivity contribution is 7.98. The van der Waals surface area contributed by atoms with Crippen LogP contribution >= 0.6 is 23.4 Å². The average molecular weight is 327 g/mol. The van der Waals surface area contributed by atoms with E-state index in [2.05, 4.69) is 26.1 Å². The van der Waals surface area contributed by atoms with Gasteiger partial charge in [-0.2, -0.15) is 0 Å². The summed E-state index contributed by atoms with van der Waals surface area (Å²) in [4.78, 5) is 17.2. The number of benzene rings is 1. The van der Waals surface area contributed by atoms with E-state index in [-0.39, 0.29) is 5.56 Å². The SMILES string of the molecule is CSc1nc2ccc(Cl)cc2c(=O)n1CCC[N+](C)(C)C. The van der Waals surface area contributed by atoms with Crippen LogP contribution in [0.3, 0.4) is 0 Å². The van der Waals surface area contributed by atoms with Crippen LogP contribution in [0.1, 0.15) is 6.42 Å². The molecule has 0 fully saturated rings. The van der Waals surface area contributed by atoms with Crippen molar-refractivity contribution in [2.24, 2.45) is 0 Å². The molecule has 0 saturated heterocycles. The van der Waals surface area contributed by atoms with Crippen LogP contribution in [0.5, 0.6) is 0 Å². The van der Waals surface area contributed by atoms with Crippen molar-refractivity contribution in [3.8, 4) is 0 Å². The van der Waals surface area contributed by atoms with E-state index in [1.54, 1.807) is 22.8 Å². The van der Waals surface area contributed by atoms with Gasteiger partial charge in [-0.3, -0.25) is 9.36 Å². The summed E-state index contributed by atoms with van der Waals surface area (Å²) in [6, 6.07) is 5.27. The Morgan fingerprint density at radius 2 is 2.05 bits per heavy atom. The topological polar surface area (TPSA) is 34.9 Å². The third kappa shape index (κ3) is 3.99. The number of halogens is 1. The van der Waals surface area contributed by atoms with Crippen molar-refractivity contribution in [2.45, 2.75) is 18.1 Å². The lowest BCUT2D eigenvalue weighted by Crippen LogP contribution is -2.36. The number of aromatic nitrogens is 2. The maximum absolute atomic E-state index is 12.7. The molecule has 0 saturated carbocycles. The Morgan fingerprint density at radius 1 is 1.33 bits per heavy atom. The quantitative estimate of drug-likeness (QED) is 0.481. The fourth-order valence-corrected chi connectivity index (χ4v) is 2.99. The average Bonchev–Trinajstić information content (AvgIpc) is 2.40. The second kappa shape index (κ2) is 6.38. The third-order valence-electron chi connectivity index (χ3n) is 3.27. The van der Waals surface area contributed by atoms with Gasteiger partial charge in [0.25, 0.3) is 5.56 Å². The van der Waals surface area contributed by atoms with Crippen LogP contribution in [0, 0.1) is 0 Å². The van der Waals surface area contributed by atoms with E-state index in [0.717, 1.165) is 22.6 Å². The molecule has 0 amide bonds. The predicted molar refractivity (Wildman–Crippen MR) is 90.3 cm³/mol. The molecule has 114 valence electrons. The minimum Gasteiger partial charge on any atom is -0.331 e. The van der Waals surface area contributed by atoms with Crippen LogP contribution in [0.4, 0.5) is 0 Å². The van der Waals surface area contributed by atoms with Crippen LogP contribution in [-0.2, 0) is 6.54 Å². The summed E-state index contributed by atoms with van der Waals surface area (Å²) in [7, 11) is 6.45. The molecule has 0 aliphatic rings. The van der Waals surface area contributed by atoms with Crippen molar-refractivity contribution >= 4 is 34.3 Å². The van der Waals surface area contributed by atoms with Crippen molar-refractivity contribution in [1.82, 2.24) is 9.55 Å². The molecule has 0 radical (unpaired) electrons. The molecular weight excluding hydrogens is 306 g/mol. The van der Waals surface area contributed by atoms with E-state index in [4.69, 9.17) is 11.6 Å². The first-order valence-corrected chi connectivity index (χ1v) is 8.46. The molecule has 0 N–H and O–H groups in total. The van der Waals surface area contributed by atoms with Gasteiger partial charge in [0.2, 0.25) is 0 Å². The second-order valence-electron chi connectivity index (χ2n) is 6.08. The van der Waals surface area contributed by atoms with Crippen LogP contribution in [0.2, 0.25) is 5.02 Å². The Kier molecular flexibility index (Phi) is 4.96. The largest absolute Gasteiger partial charge is 0.331 e. The van der Waals surface area contributed by atoms with Crippen molar-refractivity contribution in [1.29, 1.82) is 0 Å². The van der Waals surface area contributed by atoms with Crippen molar-refractivity contribution < 1.29 is 4.48 Å². The highest BCUT2D eigenvalue weighted by atomic mass is 35.5. The molecular formula is C15H21ClN3OS+. The van der Waals surface area contributed by atoms with Gasteiger partial charge >= 0.3 is 0 Å². The minimum atomic E-state index is -0.00624. The molecule has 1 aromatic heterocycles. The molecule has 0 aliphatic heterocycles. The van der Waals surface area contributed by atoms with Gasteiger partial charge in [0, 0.05) is 18.0 Å². The lowest BCUT2D eigenvalue weighted by atomic mass is 10.2. The number of rotatable bonds is 5. The summed E-state index contributed by atoms with van der Waals surface area (Å²) in [6.45, 7) is 1.69. The van der Waals surface area contributed by atoms with E-state index in [0.29, 0.717) is 22.5 Å². The van der Waals surface area contributed by atoms with Gasteiger partial charge in [0.05, 0.1) is 38.6 Å². The fourth-order valence-electron chi connectivity index (χ4n) is 2.23. The standard InChI is InChI=1S/C15H21ClN3OS/c1-19(2,3)9-5-8-18-14(20)12-10-11(16)6-7-13(12)17-15(18)21-4/h6-7,10H,5,8-9H2,1-4H3/q+1. The molecule has 0 bridgehead atoms. The van der Waals surface area contributed by atoms with Gasteiger partial charge in [-0.05, 0) is 24.5 Å². The first-order chi connectivity index (χ1) is 9.81. The molecule has 21 heavy (non-hydrogen) atoms. The summed E-state index contributed by atoms with van der Waals surface area (Å²) in [6.07, 6.45) is 2.88. The van der Waals surface area contributed by atoms with Crippen LogP contribution in [-0.4, -0.2) is 48.0 Å². The fraction of sp³-hybridized carbons (Fsp3) is 0.467. The summed E-state index contributed by atoms with van der Waals surface area (Å²) in [5.41, 5.74) is 0.699. The Balaban J connectivity index is 2.41. The smallest absolute Gasteiger partial charge is 0.262 e. The van der Waals surface area contributed by atoms with Crippen molar-refractivity contribution in [2.75, 3.05) is 33.9 Å². The molecule has 4 nitrogen and oxygen atoms in total. The minimum absolute atomic E-state index is 0.00624. The number of hydrogen-bond acceptors (Lipinski definition) is 3. The van der Waals surface area contributed by atoms with Gasteiger partial charge < -0.3 is 4.48 Å². The Hall–Kier alpha value is -1.04. The monoisotopic (exact) mass is 326 g/mol. The molecule has 2 rings (SSSR count). The molecule has 6 heteroatoms. The number of thioether (sulfide) groups is 1. The summed E-state index contributed by atoms with van der Waals surface area (Å²) < 4.78 is 2.65. The van der Waals surface area contributed by atoms with Gasteiger partial charge in [-0.1, -0.05) is 23.4 Å². The predicted octanol–water partition coefficient (Wildman–Crippen LogP) is 2.87. The van der Waals surface area contributed by atoms with E-state index in [1.165, 1.54) is 11.8 Å². The molecule has 1 aromatic carbocycles. The normalized spacial score (nSPS) is 12.0. The van der Waals surface area contributed by atoms with Gasteiger partial charge in [-0.25, -0.2) is 4.98 Å². The summed E-state index contributed by atoms with van der Waals surface area (Å²) >= 11 is 7.50. The van der Waals surface area contributed by atoms with Crippen molar-refractivity contribution in [3.05, 3.63) is 33.6 Å². The number of hydrogen-bond donors (Lipinski definition) is 0. The highest BCUT2D eigenvalue weighted by Crippen LogP contribution is 2.19. The van der Waals surface area contributed by atoms with E-state index < -0.39 is 0 Å². The molecule has 0 spiro atoms. The Morgan fingerprint density at radius 3 is 2.67 bits per heavy atom. The Bertz CT molecular complexity index is 706. The molecule has 1 heterocycles. The van der Waals surface area contributed by atoms with E-state index in [9.17, 15) is 4.79 Å². The second-order valence-corrected chi connectivity index (χ2v) is 7.29. The molecule has 2 aromatic rings. The van der Waals surface area contributed by atoms with Crippen LogP contribution in [0.15, 0.2) is 28.2 Å². The van der Waals surface area contributed by atoms with Crippen LogP contribution < -0.4 is 5.56 Å². The molecule has 0 unspecified atom stereocenters. The van der Waals surface area contributed by atoms with E-state index in [1.807, 2.05) is 6.26 Å². The lowest BCUT2D eigenvalue weighted by molar-refractivity contribution is -0.870.